The molecule has 1 N–H and O–H groups in total. The number of fused-ring (bicyclic) bond motifs is 1. The van der Waals surface area contributed by atoms with Gasteiger partial charge in [-0.15, -0.1) is 0 Å². The van der Waals surface area contributed by atoms with Gasteiger partial charge in [-0.1, -0.05) is 37.3 Å². The van der Waals surface area contributed by atoms with Crippen LogP contribution in [0, 0.1) is 0 Å². The summed E-state index contributed by atoms with van der Waals surface area (Å²) in [5.74, 6) is -0.587. The summed E-state index contributed by atoms with van der Waals surface area (Å²) >= 11 is 0. The van der Waals surface area contributed by atoms with E-state index in [-0.39, 0.29) is 24.3 Å². The van der Waals surface area contributed by atoms with E-state index in [2.05, 4.69) is 12.2 Å². The van der Waals surface area contributed by atoms with E-state index in [0.29, 0.717) is 33.7 Å². The Hall–Kier alpha value is -3.93. The van der Waals surface area contributed by atoms with Crippen molar-refractivity contribution in [1.82, 2.24) is 4.90 Å². The van der Waals surface area contributed by atoms with Gasteiger partial charge in [-0.3, -0.25) is 19.3 Å². The fourth-order valence-electron chi connectivity index (χ4n) is 3.62. The summed E-state index contributed by atoms with van der Waals surface area (Å²) in [7, 11) is 1.49. The first-order valence-corrected chi connectivity index (χ1v) is 10.0. The maximum absolute atomic E-state index is 12.9. The maximum atomic E-state index is 12.9. The predicted octanol–water partition coefficient (Wildman–Crippen LogP) is 4.31. The molecular formula is C25H22N2O4. The second-order valence-electron chi connectivity index (χ2n) is 7.28. The van der Waals surface area contributed by atoms with E-state index in [1.54, 1.807) is 42.5 Å². The molecule has 3 aromatic carbocycles. The number of rotatable bonds is 6. The summed E-state index contributed by atoms with van der Waals surface area (Å²) in [6.45, 7) is 2.14. The van der Waals surface area contributed by atoms with Crippen LogP contribution in [-0.2, 0) is 13.0 Å². The van der Waals surface area contributed by atoms with Crippen LogP contribution in [0.3, 0.4) is 0 Å². The smallest absolute Gasteiger partial charge is 0.261 e. The third kappa shape index (κ3) is 3.92. The number of anilines is 1. The van der Waals surface area contributed by atoms with E-state index in [9.17, 15) is 14.4 Å². The Labute approximate surface area is 180 Å². The standard InChI is InChI=1S/C25H22N2O4/c1-3-16-8-11-18(12-9-16)26-23(28)21-14-17(10-13-22(21)31-2)15-27-24(29)19-6-4-5-7-20(19)25(27)30/h4-14H,3,15H2,1-2H3,(H,26,28). The Morgan fingerprint density at radius 2 is 1.52 bits per heavy atom. The van der Waals surface area contributed by atoms with Gasteiger partial charge in [-0.25, -0.2) is 0 Å². The minimum atomic E-state index is -0.335. The Morgan fingerprint density at radius 3 is 2.10 bits per heavy atom. The second-order valence-corrected chi connectivity index (χ2v) is 7.28. The molecule has 31 heavy (non-hydrogen) atoms. The first-order chi connectivity index (χ1) is 15.0. The number of aryl methyl sites for hydroxylation is 1. The normalized spacial score (nSPS) is 12.6. The van der Waals surface area contributed by atoms with Crippen LogP contribution in [0.25, 0.3) is 0 Å². The summed E-state index contributed by atoms with van der Waals surface area (Å²) in [5.41, 5.74) is 3.63. The highest BCUT2D eigenvalue weighted by atomic mass is 16.5. The Balaban J connectivity index is 1.57. The van der Waals surface area contributed by atoms with Gasteiger partial charge in [0.1, 0.15) is 5.75 Å². The van der Waals surface area contributed by atoms with Crippen molar-refractivity contribution in [1.29, 1.82) is 0 Å². The van der Waals surface area contributed by atoms with Gasteiger partial charge in [-0.2, -0.15) is 0 Å². The van der Waals surface area contributed by atoms with Crippen LogP contribution < -0.4 is 10.1 Å². The van der Waals surface area contributed by atoms with Crippen molar-refractivity contribution in [2.75, 3.05) is 12.4 Å². The lowest BCUT2D eigenvalue weighted by Crippen LogP contribution is -2.29. The molecule has 0 atom stereocenters. The SMILES string of the molecule is CCc1ccc(NC(=O)c2cc(CN3C(=O)c4ccccc4C3=O)ccc2OC)cc1. The lowest BCUT2D eigenvalue weighted by molar-refractivity contribution is 0.0642. The number of methoxy groups -OCH3 is 1. The lowest BCUT2D eigenvalue weighted by Gasteiger charge is -2.16. The van der Waals surface area contributed by atoms with Crippen molar-refractivity contribution in [3.8, 4) is 5.75 Å². The number of benzene rings is 3. The summed E-state index contributed by atoms with van der Waals surface area (Å²) in [5, 5.41) is 2.87. The third-order valence-corrected chi connectivity index (χ3v) is 5.35. The van der Waals surface area contributed by atoms with Crippen LogP contribution in [0.4, 0.5) is 5.69 Å². The maximum Gasteiger partial charge on any atom is 0.261 e. The molecular weight excluding hydrogens is 392 g/mol. The molecule has 3 aromatic rings. The van der Waals surface area contributed by atoms with Crippen molar-refractivity contribution in [3.63, 3.8) is 0 Å². The van der Waals surface area contributed by atoms with Gasteiger partial charge in [0, 0.05) is 5.69 Å². The molecule has 0 radical (unpaired) electrons. The summed E-state index contributed by atoms with van der Waals surface area (Å²) in [6.07, 6.45) is 0.919. The zero-order valence-corrected chi connectivity index (χ0v) is 17.3. The molecule has 6 nitrogen and oxygen atoms in total. The number of hydrogen-bond donors (Lipinski definition) is 1. The Bertz CT molecular complexity index is 1130. The van der Waals surface area contributed by atoms with E-state index in [0.717, 1.165) is 6.42 Å². The van der Waals surface area contributed by atoms with Gasteiger partial charge in [0.15, 0.2) is 0 Å². The molecule has 6 heteroatoms. The number of amides is 3. The van der Waals surface area contributed by atoms with E-state index < -0.39 is 0 Å². The Kier molecular flexibility index (Phi) is 5.54. The number of carbonyl (C=O) groups is 3. The average Bonchev–Trinajstić information content (AvgIpc) is 3.04. The molecule has 1 aliphatic heterocycles. The van der Waals surface area contributed by atoms with Crippen LogP contribution in [0.1, 0.15) is 49.1 Å². The Morgan fingerprint density at radius 1 is 0.903 bits per heavy atom. The number of nitrogens with zero attached hydrogens (tertiary/aromatic N) is 1. The van der Waals surface area contributed by atoms with Gasteiger partial charge in [0.05, 0.1) is 30.3 Å². The van der Waals surface area contributed by atoms with Crippen LogP contribution >= 0.6 is 0 Å². The fraction of sp³-hybridized carbons (Fsp3) is 0.160. The van der Waals surface area contributed by atoms with Crippen molar-refractivity contribution in [2.24, 2.45) is 0 Å². The summed E-state index contributed by atoms with van der Waals surface area (Å²) in [4.78, 5) is 39.4. The van der Waals surface area contributed by atoms with Crippen molar-refractivity contribution in [2.45, 2.75) is 19.9 Å². The van der Waals surface area contributed by atoms with Gasteiger partial charge in [0.2, 0.25) is 0 Å². The zero-order valence-electron chi connectivity index (χ0n) is 17.3. The van der Waals surface area contributed by atoms with Crippen molar-refractivity contribution < 1.29 is 19.1 Å². The van der Waals surface area contributed by atoms with Gasteiger partial charge in [0.25, 0.3) is 17.7 Å². The molecule has 0 unspecified atom stereocenters. The van der Waals surface area contributed by atoms with Crippen molar-refractivity contribution in [3.05, 3.63) is 94.5 Å². The van der Waals surface area contributed by atoms with Crippen LogP contribution in [0.15, 0.2) is 66.7 Å². The lowest BCUT2D eigenvalue weighted by atomic mass is 10.1. The minimum Gasteiger partial charge on any atom is -0.496 e. The first kappa shape index (κ1) is 20.3. The van der Waals surface area contributed by atoms with E-state index in [4.69, 9.17) is 4.74 Å². The third-order valence-electron chi connectivity index (χ3n) is 5.35. The van der Waals surface area contributed by atoms with Crippen molar-refractivity contribution >= 4 is 23.4 Å². The van der Waals surface area contributed by atoms with E-state index in [1.165, 1.54) is 17.6 Å². The first-order valence-electron chi connectivity index (χ1n) is 10.0. The number of hydrogen-bond acceptors (Lipinski definition) is 4. The number of ether oxygens (including phenoxy) is 1. The summed E-state index contributed by atoms with van der Waals surface area (Å²) in [6, 6.07) is 19.5. The van der Waals surface area contributed by atoms with Crippen LogP contribution in [0.2, 0.25) is 0 Å². The molecule has 0 saturated carbocycles. The van der Waals surface area contributed by atoms with Gasteiger partial charge < -0.3 is 10.1 Å². The number of imide groups is 1. The highest BCUT2D eigenvalue weighted by Crippen LogP contribution is 2.27. The van der Waals surface area contributed by atoms with E-state index >= 15 is 0 Å². The number of nitrogens with one attached hydrogen (secondary N) is 1. The molecule has 0 bridgehead atoms. The number of carbonyl (C=O) groups excluding carboxylic acids is 3. The van der Waals surface area contributed by atoms with Crippen LogP contribution in [-0.4, -0.2) is 29.7 Å². The monoisotopic (exact) mass is 414 g/mol. The highest BCUT2D eigenvalue weighted by Gasteiger charge is 2.35. The van der Waals surface area contributed by atoms with E-state index in [1.807, 2.05) is 24.3 Å². The quantitative estimate of drug-likeness (QED) is 0.610. The van der Waals surface area contributed by atoms with Gasteiger partial charge in [-0.05, 0) is 53.9 Å². The second kappa shape index (κ2) is 8.44. The molecule has 4 rings (SSSR count). The van der Waals surface area contributed by atoms with Gasteiger partial charge >= 0.3 is 0 Å². The average molecular weight is 414 g/mol. The molecule has 0 aromatic heterocycles. The molecule has 0 spiro atoms. The molecule has 3 amide bonds. The molecule has 0 fully saturated rings. The van der Waals surface area contributed by atoms with Crippen LogP contribution in [0.5, 0.6) is 5.75 Å². The molecule has 0 saturated heterocycles. The zero-order chi connectivity index (χ0) is 22.0. The fourth-order valence-corrected chi connectivity index (χ4v) is 3.62. The molecule has 1 aliphatic rings. The summed E-state index contributed by atoms with van der Waals surface area (Å²) < 4.78 is 5.35. The molecule has 156 valence electrons. The highest BCUT2D eigenvalue weighted by molar-refractivity contribution is 6.21. The minimum absolute atomic E-state index is 0.0712. The molecule has 0 aliphatic carbocycles. The molecule has 1 heterocycles. The largest absolute Gasteiger partial charge is 0.496 e. The predicted molar refractivity (Wildman–Crippen MR) is 117 cm³/mol. The topological polar surface area (TPSA) is 75.7 Å².